The van der Waals surface area contributed by atoms with Crippen LogP contribution in [0, 0.1) is 52.3 Å². The van der Waals surface area contributed by atoms with Crippen LogP contribution >= 0.6 is 0 Å². The van der Waals surface area contributed by atoms with Gasteiger partial charge in [-0.2, -0.15) is 0 Å². The molecule has 186 valence electrons. The molecule has 0 bridgehead atoms. The van der Waals surface area contributed by atoms with E-state index >= 15 is 0 Å². The van der Waals surface area contributed by atoms with E-state index < -0.39 is 0 Å². The summed E-state index contributed by atoms with van der Waals surface area (Å²) in [5.74, 6) is 4.54. The van der Waals surface area contributed by atoms with Gasteiger partial charge in [0.1, 0.15) is 0 Å². The highest BCUT2D eigenvalue weighted by Crippen LogP contribution is 2.64. The summed E-state index contributed by atoms with van der Waals surface area (Å²) in [6.07, 6.45) is 14.8. The first-order valence-electron chi connectivity index (χ1n) is 13.8. The molecule has 0 spiro atoms. The number of nitrogens with two attached hydrogens (primary N) is 1. The number of nitrogens with zero attached hydrogens (tertiary/aromatic N) is 2. The fourth-order valence-electron chi connectivity index (χ4n) is 8.85. The van der Waals surface area contributed by atoms with Gasteiger partial charge in [-0.15, -0.1) is 0 Å². The van der Waals surface area contributed by atoms with E-state index in [-0.39, 0.29) is 17.9 Å². The number of aliphatic hydroxyl groups excluding tert-OH is 1. The van der Waals surface area contributed by atoms with Crippen molar-refractivity contribution in [1.29, 1.82) is 0 Å². The van der Waals surface area contributed by atoms with Crippen molar-refractivity contribution in [1.82, 2.24) is 9.97 Å². The van der Waals surface area contributed by atoms with Crippen LogP contribution in [0.3, 0.4) is 0 Å². The van der Waals surface area contributed by atoms with Gasteiger partial charge in [0.25, 0.3) is 0 Å². The Labute approximate surface area is 202 Å². The number of aliphatic hydroxyl groups is 1. The lowest BCUT2D eigenvalue weighted by Crippen LogP contribution is -2.54. The average molecular weight is 456 g/mol. The van der Waals surface area contributed by atoms with Gasteiger partial charge in [0.2, 0.25) is 0 Å². The molecule has 1 heterocycles. The first-order valence-corrected chi connectivity index (χ1v) is 13.8. The van der Waals surface area contributed by atoms with Gasteiger partial charge in [-0.25, -0.2) is 0 Å². The van der Waals surface area contributed by atoms with E-state index in [1.807, 2.05) is 6.20 Å². The Hall–Kier alpha value is -1.00. The highest BCUT2D eigenvalue weighted by atomic mass is 16.3. The predicted molar refractivity (Wildman–Crippen MR) is 136 cm³/mol. The number of aromatic nitrogens is 2. The fourth-order valence-corrected chi connectivity index (χ4v) is 8.85. The maximum absolute atomic E-state index is 10.4. The van der Waals surface area contributed by atoms with Crippen molar-refractivity contribution < 1.29 is 5.11 Å². The number of hydrogen-bond donors (Lipinski definition) is 2. The highest BCUT2D eigenvalue weighted by molar-refractivity contribution is 5.21. The third kappa shape index (κ3) is 4.51. The van der Waals surface area contributed by atoms with Crippen LogP contribution in [0.25, 0.3) is 0 Å². The zero-order valence-electron chi connectivity index (χ0n) is 21.9. The molecule has 4 nitrogen and oxygen atoms in total. The van der Waals surface area contributed by atoms with Gasteiger partial charge in [0, 0.05) is 19.0 Å². The van der Waals surface area contributed by atoms with Gasteiger partial charge in [-0.3, -0.25) is 9.97 Å². The standard InChI is InChI=1S/C29H49N3O/c1-19(2)7-6-8-20(3)23-9-10-24-22(17-30)25(11-12-28(23,24)4)29(5)16-27-26(15-21(29)18-33)31-13-14-32-27/h13-14,19-25,33H,6-12,15-18,30H2,1-5H3/t20?,21-,22+,23-,24+,25+,28-,29+/m1/s1. The van der Waals surface area contributed by atoms with E-state index in [0.29, 0.717) is 17.3 Å². The predicted octanol–water partition coefficient (Wildman–Crippen LogP) is 5.67. The number of rotatable bonds is 8. The SMILES string of the molecule is CC(C)CCCC(C)[C@H]1CC[C@H]2[C@H](CN)[C@@H]([C@@]3(C)Cc4nccnc4C[C@@H]3CO)CC[C@]12C. The summed E-state index contributed by atoms with van der Waals surface area (Å²) in [6, 6.07) is 0. The fraction of sp³-hybridized carbons (Fsp3) is 0.862. The summed E-state index contributed by atoms with van der Waals surface area (Å²) >= 11 is 0. The topological polar surface area (TPSA) is 72.0 Å². The van der Waals surface area contributed by atoms with E-state index in [1.54, 1.807) is 6.20 Å². The lowest BCUT2D eigenvalue weighted by Gasteiger charge is -2.57. The third-order valence-electron chi connectivity index (χ3n) is 10.8. The molecule has 2 saturated carbocycles. The minimum absolute atomic E-state index is 0.0458. The van der Waals surface area contributed by atoms with E-state index in [4.69, 9.17) is 10.7 Å². The summed E-state index contributed by atoms with van der Waals surface area (Å²) < 4.78 is 0. The summed E-state index contributed by atoms with van der Waals surface area (Å²) in [7, 11) is 0. The zero-order chi connectivity index (χ0) is 23.8. The van der Waals surface area contributed by atoms with Crippen molar-refractivity contribution in [2.75, 3.05) is 13.2 Å². The van der Waals surface area contributed by atoms with Gasteiger partial charge < -0.3 is 10.8 Å². The Bertz CT molecular complexity index is 797. The number of fused-ring (bicyclic) bond motifs is 2. The van der Waals surface area contributed by atoms with Crippen LogP contribution in [0.4, 0.5) is 0 Å². The van der Waals surface area contributed by atoms with E-state index in [1.165, 1.54) is 44.9 Å². The lowest BCUT2D eigenvalue weighted by molar-refractivity contribution is -0.0767. The molecule has 1 aromatic rings. The molecule has 2 fully saturated rings. The molecule has 8 atom stereocenters. The molecule has 4 heteroatoms. The molecule has 3 aliphatic carbocycles. The molecule has 33 heavy (non-hydrogen) atoms. The Kier molecular flexibility index (Phi) is 7.56. The molecule has 3 N–H and O–H groups in total. The molecular weight excluding hydrogens is 406 g/mol. The Morgan fingerprint density at radius 2 is 1.70 bits per heavy atom. The van der Waals surface area contributed by atoms with E-state index in [0.717, 1.165) is 54.4 Å². The Balaban J connectivity index is 1.55. The van der Waals surface area contributed by atoms with Gasteiger partial charge in [0.05, 0.1) is 11.4 Å². The smallest absolute Gasteiger partial charge is 0.0624 e. The van der Waals surface area contributed by atoms with Crippen molar-refractivity contribution in [3.05, 3.63) is 23.8 Å². The molecule has 1 unspecified atom stereocenters. The highest BCUT2D eigenvalue weighted by Gasteiger charge is 2.58. The lowest BCUT2D eigenvalue weighted by atomic mass is 9.48. The summed E-state index contributed by atoms with van der Waals surface area (Å²) in [4.78, 5) is 9.31. The second kappa shape index (κ2) is 9.93. The van der Waals surface area contributed by atoms with Crippen LogP contribution in [-0.4, -0.2) is 28.2 Å². The van der Waals surface area contributed by atoms with Crippen molar-refractivity contribution in [3.63, 3.8) is 0 Å². The third-order valence-corrected chi connectivity index (χ3v) is 10.8. The summed E-state index contributed by atoms with van der Waals surface area (Å²) in [6.45, 7) is 13.3. The molecule has 4 rings (SSSR count). The van der Waals surface area contributed by atoms with Crippen LogP contribution in [0.5, 0.6) is 0 Å². The largest absolute Gasteiger partial charge is 0.396 e. The summed E-state index contributed by atoms with van der Waals surface area (Å²) in [5, 5.41) is 10.4. The van der Waals surface area contributed by atoms with Crippen molar-refractivity contribution in [2.45, 2.75) is 92.4 Å². The Morgan fingerprint density at radius 3 is 2.36 bits per heavy atom. The Morgan fingerprint density at radius 1 is 1.00 bits per heavy atom. The van der Waals surface area contributed by atoms with Gasteiger partial charge >= 0.3 is 0 Å². The van der Waals surface area contributed by atoms with Gasteiger partial charge in [0.15, 0.2) is 0 Å². The molecule has 0 radical (unpaired) electrons. The van der Waals surface area contributed by atoms with Gasteiger partial charge in [-0.1, -0.05) is 53.9 Å². The average Bonchev–Trinajstić information content (AvgIpc) is 3.14. The van der Waals surface area contributed by atoms with Crippen LogP contribution < -0.4 is 5.73 Å². The molecule has 0 aromatic carbocycles. The molecule has 0 saturated heterocycles. The van der Waals surface area contributed by atoms with Crippen LogP contribution in [0.2, 0.25) is 0 Å². The monoisotopic (exact) mass is 455 g/mol. The molecule has 3 aliphatic rings. The second-order valence-corrected chi connectivity index (χ2v) is 12.9. The normalized spacial score (nSPS) is 39.3. The molecule has 1 aromatic heterocycles. The van der Waals surface area contributed by atoms with Crippen LogP contribution in [0.15, 0.2) is 12.4 Å². The van der Waals surface area contributed by atoms with Crippen LogP contribution in [0.1, 0.15) is 91.0 Å². The minimum atomic E-state index is 0.0458. The molecule has 0 aliphatic heterocycles. The van der Waals surface area contributed by atoms with E-state index in [9.17, 15) is 5.11 Å². The first-order chi connectivity index (χ1) is 15.7. The van der Waals surface area contributed by atoms with Crippen LogP contribution in [-0.2, 0) is 12.8 Å². The zero-order valence-corrected chi connectivity index (χ0v) is 21.9. The maximum atomic E-state index is 10.4. The number of hydrogen-bond acceptors (Lipinski definition) is 4. The maximum Gasteiger partial charge on any atom is 0.0624 e. The van der Waals surface area contributed by atoms with E-state index in [2.05, 4.69) is 39.6 Å². The summed E-state index contributed by atoms with van der Waals surface area (Å²) in [5.41, 5.74) is 9.31. The molecule has 0 amide bonds. The quantitative estimate of drug-likeness (QED) is 0.530. The first kappa shape index (κ1) is 25.1. The van der Waals surface area contributed by atoms with Crippen molar-refractivity contribution in [3.8, 4) is 0 Å². The minimum Gasteiger partial charge on any atom is -0.396 e. The van der Waals surface area contributed by atoms with Crippen molar-refractivity contribution >= 4 is 0 Å². The second-order valence-electron chi connectivity index (χ2n) is 12.9. The molecular formula is C29H49N3O. The van der Waals surface area contributed by atoms with Gasteiger partial charge in [-0.05, 0) is 97.3 Å². The van der Waals surface area contributed by atoms with Crippen molar-refractivity contribution in [2.24, 2.45) is 58.0 Å².